The third-order valence-electron chi connectivity index (χ3n) is 11.1. The first kappa shape index (κ1) is 34.7. The summed E-state index contributed by atoms with van der Waals surface area (Å²) < 4.78 is 2.45. The van der Waals surface area contributed by atoms with E-state index in [0.29, 0.717) is 5.82 Å². The number of benzene rings is 8. The molecule has 0 atom stereocenters. The van der Waals surface area contributed by atoms with Crippen molar-refractivity contribution in [1.29, 1.82) is 0 Å². The van der Waals surface area contributed by atoms with E-state index in [4.69, 9.17) is 15.0 Å². The number of thiophene rings is 1. The fourth-order valence-electron chi connectivity index (χ4n) is 8.14. The highest BCUT2D eigenvalue weighted by Crippen LogP contribution is 2.44. The molecule has 276 valence electrons. The third kappa shape index (κ3) is 6.56. The minimum atomic E-state index is 0.705. The molecule has 0 amide bonds. The molecule has 59 heavy (non-hydrogen) atoms. The minimum absolute atomic E-state index is 0.705. The quantitative estimate of drug-likeness (QED) is 0.162. The van der Waals surface area contributed by atoms with Crippen molar-refractivity contribution in [2.24, 2.45) is 0 Å². The van der Waals surface area contributed by atoms with Crippen molar-refractivity contribution >= 4 is 42.4 Å². The van der Waals surface area contributed by atoms with Crippen LogP contribution in [-0.2, 0) is 0 Å². The first-order chi connectivity index (χ1) is 29.2. The maximum atomic E-state index is 5.44. The average molecular weight is 770 g/mol. The minimum Gasteiger partial charge on any atom is -0.246 e. The Labute approximate surface area is 346 Å². The third-order valence-corrected chi connectivity index (χ3v) is 12.2. The lowest BCUT2D eigenvalue weighted by Gasteiger charge is -2.12. The molecule has 0 radical (unpaired) electrons. The van der Waals surface area contributed by atoms with Crippen molar-refractivity contribution in [2.45, 2.75) is 0 Å². The summed E-state index contributed by atoms with van der Waals surface area (Å²) in [6.07, 6.45) is 0. The van der Waals surface area contributed by atoms with Gasteiger partial charge in [0, 0.05) is 43.1 Å². The van der Waals surface area contributed by atoms with Crippen LogP contribution in [0.3, 0.4) is 0 Å². The second-order valence-corrected chi connectivity index (χ2v) is 15.8. The molecule has 3 nitrogen and oxygen atoms in total. The van der Waals surface area contributed by atoms with Gasteiger partial charge >= 0.3 is 0 Å². The highest BCUT2D eigenvalue weighted by Gasteiger charge is 2.18. The Hall–Kier alpha value is -7.53. The van der Waals surface area contributed by atoms with Crippen molar-refractivity contribution < 1.29 is 0 Å². The maximum absolute atomic E-state index is 5.44. The van der Waals surface area contributed by atoms with Gasteiger partial charge in [0.05, 0.1) is 27.3 Å². The summed E-state index contributed by atoms with van der Waals surface area (Å²) in [5, 5.41) is 3.68. The van der Waals surface area contributed by atoms with Gasteiger partial charge in [0.25, 0.3) is 0 Å². The summed E-state index contributed by atoms with van der Waals surface area (Å²) in [7, 11) is 0. The lowest BCUT2D eigenvalue weighted by molar-refractivity contribution is 1.18. The number of rotatable bonds is 7. The van der Waals surface area contributed by atoms with Gasteiger partial charge in [-0.15, -0.1) is 11.3 Å². The molecule has 3 heterocycles. The topological polar surface area (TPSA) is 38.7 Å². The van der Waals surface area contributed by atoms with Crippen LogP contribution in [-0.4, -0.2) is 15.0 Å². The van der Waals surface area contributed by atoms with E-state index in [1.165, 1.54) is 47.8 Å². The molecule has 11 rings (SSSR count). The van der Waals surface area contributed by atoms with E-state index in [9.17, 15) is 0 Å². The number of hydrogen-bond donors (Lipinski definition) is 0. The second kappa shape index (κ2) is 14.8. The average Bonchev–Trinajstić information content (AvgIpc) is 3.72. The highest BCUT2D eigenvalue weighted by atomic mass is 32.1. The predicted octanol–water partition coefficient (Wildman–Crippen LogP) is 15.1. The molecular formula is C55H35N3S. The Kier molecular flexibility index (Phi) is 8.68. The van der Waals surface area contributed by atoms with E-state index < -0.39 is 0 Å². The molecule has 0 unspecified atom stereocenters. The summed E-state index contributed by atoms with van der Waals surface area (Å²) in [6, 6.07) is 75.0. The Morgan fingerprint density at radius 1 is 0.305 bits per heavy atom. The SMILES string of the molecule is c1ccc(-c2cccc(-c3ccc4nc(-c5cccc(-c6cccc(-c7cc(-c8ccccc8)nc(-c8ccccc8)n7)c6)c5)c5sc6ccccc6c5c4c3)c2)cc1. The number of fused-ring (bicyclic) bond motifs is 5. The zero-order chi connectivity index (χ0) is 39.1. The summed E-state index contributed by atoms with van der Waals surface area (Å²) in [5.74, 6) is 0.705. The highest BCUT2D eigenvalue weighted by molar-refractivity contribution is 7.26. The first-order valence-electron chi connectivity index (χ1n) is 19.8. The van der Waals surface area contributed by atoms with Gasteiger partial charge in [0.2, 0.25) is 0 Å². The van der Waals surface area contributed by atoms with Crippen LogP contribution in [0.5, 0.6) is 0 Å². The van der Waals surface area contributed by atoms with Gasteiger partial charge in [-0.3, -0.25) is 0 Å². The molecule has 0 saturated heterocycles. The molecule has 0 aliphatic rings. The largest absolute Gasteiger partial charge is 0.246 e. The molecule has 0 saturated carbocycles. The smallest absolute Gasteiger partial charge is 0.160 e. The number of pyridine rings is 1. The lowest BCUT2D eigenvalue weighted by Crippen LogP contribution is -1.96. The Morgan fingerprint density at radius 2 is 0.797 bits per heavy atom. The van der Waals surface area contributed by atoms with E-state index in [-0.39, 0.29) is 0 Å². The van der Waals surface area contributed by atoms with Crippen LogP contribution in [0.1, 0.15) is 0 Å². The normalized spacial score (nSPS) is 11.4. The zero-order valence-electron chi connectivity index (χ0n) is 32.0. The molecule has 0 aliphatic heterocycles. The van der Waals surface area contributed by atoms with Gasteiger partial charge < -0.3 is 0 Å². The van der Waals surface area contributed by atoms with E-state index in [1.807, 2.05) is 47.7 Å². The van der Waals surface area contributed by atoms with Gasteiger partial charge in [0.1, 0.15) is 0 Å². The molecule has 4 heteroatoms. The van der Waals surface area contributed by atoms with Crippen molar-refractivity contribution in [3.05, 3.63) is 212 Å². The fraction of sp³-hybridized carbons (Fsp3) is 0. The Bertz CT molecular complexity index is 3260. The van der Waals surface area contributed by atoms with Crippen LogP contribution in [0.15, 0.2) is 212 Å². The number of aromatic nitrogens is 3. The first-order valence-corrected chi connectivity index (χ1v) is 20.7. The lowest BCUT2D eigenvalue weighted by atomic mass is 9.95. The molecule has 3 aromatic heterocycles. The molecule has 0 aliphatic carbocycles. The summed E-state index contributed by atoms with van der Waals surface area (Å²) >= 11 is 1.82. The van der Waals surface area contributed by atoms with Crippen LogP contribution < -0.4 is 0 Å². The summed E-state index contributed by atoms with van der Waals surface area (Å²) in [4.78, 5) is 15.6. The van der Waals surface area contributed by atoms with Gasteiger partial charge in [-0.2, -0.15) is 0 Å². The van der Waals surface area contributed by atoms with Gasteiger partial charge in [-0.25, -0.2) is 15.0 Å². The van der Waals surface area contributed by atoms with Crippen molar-refractivity contribution in [1.82, 2.24) is 15.0 Å². The fourth-order valence-corrected chi connectivity index (χ4v) is 9.37. The van der Waals surface area contributed by atoms with Crippen LogP contribution in [0.4, 0.5) is 0 Å². The molecule has 0 N–H and O–H groups in total. The zero-order valence-corrected chi connectivity index (χ0v) is 32.8. The maximum Gasteiger partial charge on any atom is 0.160 e. The van der Waals surface area contributed by atoms with Crippen molar-refractivity contribution in [3.63, 3.8) is 0 Å². The Balaban J connectivity index is 1.02. The van der Waals surface area contributed by atoms with Crippen LogP contribution in [0.25, 0.3) is 110 Å². The van der Waals surface area contributed by atoms with Gasteiger partial charge in [-0.1, -0.05) is 170 Å². The predicted molar refractivity (Wildman–Crippen MR) is 248 cm³/mol. The molecule has 11 aromatic rings. The molecule has 0 bridgehead atoms. The second-order valence-electron chi connectivity index (χ2n) is 14.8. The van der Waals surface area contributed by atoms with Crippen molar-refractivity contribution in [2.75, 3.05) is 0 Å². The molecule has 8 aromatic carbocycles. The standard InChI is InChI=1S/C55H35N3S/c1-4-15-36(16-5-1)39-21-12-22-40(31-39)43-29-30-48-47(34-43)52-46-27-10-11-28-51(46)59-54(52)53(56-48)45-26-14-24-42(33-45)41-23-13-25-44(32-41)50-35-49(37-17-6-2-7-18-37)57-55(58-50)38-19-8-3-9-20-38/h1-35H. The Morgan fingerprint density at radius 3 is 1.49 bits per heavy atom. The summed E-state index contributed by atoms with van der Waals surface area (Å²) in [6.45, 7) is 0. The van der Waals surface area contributed by atoms with Crippen LogP contribution >= 0.6 is 11.3 Å². The van der Waals surface area contributed by atoms with E-state index in [2.05, 4.69) is 176 Å². The van der Waals surface area contributed by atoms with Crippen LogP contribution in [0, 0.1) is 0 Å². The van der Waals surface area contributed by atoms with Crippen LogP contribution in [0.2, 0.25) is 0 Å². The van der Waals surface area contributed by atoms with Gasteiger partial charge in [-0.05, 0) is 75.8 Å². The van der Waals surface area contributed by atoms with Gasteiger partial charge in [0.15, 0.2) is 5.82 Å². The number of nitrogens with zero attached hydrogens (tertiary/aromatic N) is 3. The summed E-state index contributed by atoms with van der Waals surface area (Å²) in [5.41, 5.74) is 14.9. The molecular weight excluding hydrogens is 735 g/mol. The van der Waals surface area contributed by atoms with E-state index in [0.717, 1.165) is 56.0 Å². The monoisotopic (exact) mass is 769 g/mol. The van der Waals surface area contributed by atoms with E-state index >= 15 is 0 Å². The van der Waals surface area contributed by atoms with E-state index in [1.54, 1.807) is 0 Å². The molecule has 0 spiro atoms. The van der Waals surface area contributed by atoms with Crippen molar-refractivity contribution in [3.8, 4) is 78.5 Å². The molecule has 0 fully saturated rings. The number of hydrogen-bond acceptors (Lipinski definition) is 4.